The van der Waals surface area contributed by atoms with Crippen LogP contribution in [0.4, 0.5) is 0 Å². The minimum Gasteiger partial charge on any atom is -0.376 e. The van der Waals surface area contributed by atoms with E-state index in [1.54, 1.807) is 0 Å². The highest BCUT2D eigenvalue weighted by Crippen LogP contribution is 2.45. The number of hydrogen-bond donors (Lipinski definition) is 1. The van der Waals surface area contributed by atoms with Crippen LogP contribution in [0, 0.1) is 17.8 Å². The summed E-state index contributed by atoms with van der Waals surface area (Å²) in [6.07, 6.45) is 5.94. The molecule has 0 aromatic heterocycles. The molecule has 6 unspecified atom stereocenters. The van der Waals surface area contributed by atoms with E-state index in [9.17, 15) is 9.59 Å². The molecule has 2 aliphatic carbocycles. The van der Waals surface area contributed by atoms with Crippen LogP contribution >= 0.6 is 0 Å². The molecule has 5 nitrogen and oxygen atoms in total. The van der Waals surface area contributed by atoms with Crippen LogP contribution in [-0.4, -0.2) is 41.5 Å². The average Bonchev–Trinajstić information content (AvgIpc) is 2.73. The van der Waals surface area contributed by atoms with Gasteiger partial charge in [-0.1, -0.05) is 12.8 Å². The van der Waals surface area contributed by atoms with Gasteiger partial charge < -0.3 is 10.5 Å². The minimum absolute atomic E-state index is 0.00759. The van der Waals surface area contributed by atoms with Crippen LogP contribution in [0.15, 0.2) is 0 Å². The molecule has 0 bridgehead atoms. The van der Waals surface area contributed by atoms with E-state index >= 15 is 0 Å². The van der Waals surface area contributed by atoms with E-state index in [2.05, 4.69) is 0 Å². The maximum Gasteiger partial charge on any atom is 0.233 e. The predicted molar refractivity (Wildman–Crippen MR) is 71.5 cm³/mol. The number of ether oxygens (including phenoxy) is 1. The lowest BCUT2D eigenvalue weighted by Crippen LogP contribution is -2.73. The zero-order chi connectivity index (χ0) is 13.9. The molecule has 2 saturated heterocycles. The third kappa shape index (κ3) is 1.56. The number of rotatable bonds is 1. The van der Waals surface area contributed by atoms with E-state index in [4.69, 9.17) is 10.5 Å². The molecule has 0 radical (unpaired) electrons. The van der Waals surface area contributed by atoms with Crippen LogP contribution in [0.3, 0.4) is 0 Å². The Morgan fingerprint density at radius 3 is 2.30 bits per heavy atom. The average molecular weight is 278 g/mol. The number of imide groups is 1. The molecule has 2 saturated carbocycles. The lowest BCUT2D eigenvalue weighted by Gasteiger charge is -2.54. The summed E-state index contributed by atoms with van der Waals surface area (Å²) in [6, 6.07) is -0.292. The Balaban J connectivity index is 1.59. The first kappa shape index (κ1) is 12.8. The number of amides is 2. The molecule has 2 aliphatic heterocycles. The number of hydrogen-bond acceptors (Lipinski definition) is 4. The van der Waals surface area contributed by atoms with Gasteiger partial charge in [0, 0.05) is 18.6 Å². The summed E-state index contributed by atoms with van der Waals surface area (Å²) >= 11 is 0. The van der Waals surface area contributed by atoms with Gasteiger partial charge >= 0.3 is 0 Å². The fourth-order valence-corrected chi connectivity index (χ4v) is 4.72. The van der Waals surface area contributed by atoms with Crippen LogP contribution in [0.5, 0.6) is 0 Å². The van der Waals surface area contributed by atoms with E-state index in [0.29, 0.717) is 5.92 Å². The van der Waals surface area contributed by atoms with Crippen LogP contribution in [0.25, 0.3) is 0 Å². The van der Waals surface area contributed by atoms with Crippen LogP contribution < -0.4 is 5.73 Å². The molecule has 0 aromatic rings. The SMILES string of the molecule is NC1C2CCCOC2C1N1C(=O)C2CCCCC2C1=O. The fraction of sp³-hybridized carbons (Fsp3) is 0.867. The Labute approximate surface area is 118 Å². The van der Waals surface area contributed by atoms with Crippen molar-refractivity contribution in [1.29, 1.82) is 0 Å². The van der Waals surface area contributed by atoms with Crippen molar-refractivity contribution in [1.82, 2.24) is 4.90 Å². The second-order valence-electron chi connectivity index (χ2n) is 6.75. The number of nitrogens with two attached hydrogens (primary N) is 1. The molecule has 20 heavy (non-hydrogen) atoms. The molecule has 0 aromatic carbocycles. The van der Waals surface area contributed by atoms with Gasteiger partial charge in [-0.3, -0.25) is 14.5 Å². The highest BCUT2D eigenvalue weighted by atomic mass is 16.5. The fourth-order valence-electron chi connectivity index (χ4n) is 4.72. The van der Waals surface area contributed by atoms with Gasteiger partial charge in [-0.15, -0.1) is 0 Å². The molecule has 110 valence electrons. The third-order valence-electron chi connectivity index (χ3n) is 5.81. The van der Waals surface area contributed by atoms with Crippen LogP contribution in [0.2, 0.25) is 0 Å². The zero-order valence-electron chi connectivity index (χ0n) is 11.7. The normalized spacial score (nSPS) is 47.8. The van der Waals surface area contributed by atoms with E-state index < -0.39 is 0 Å². The zero-order valence-corrected chi connectivity index (χ0v) is 11.7. The van der Waals surface area contributed by atoms with E-state index in [0.717, 1.165) is 45.1 Å². The van der Waals surface area contributed by atoms with Gasteiger partial charge in [-0.25, -0.2) is 0 Å². The van der Waals surface area contributed by atoms with Crippen molar-refractivity contribution < 1.29 is 14.3 Å². The maximum atomic E-state index is 12.6. The van der Waals surface area contributed by atoms with Gasteiger partial charge in [0.25, 0.3) is 0 Å². The van der Waals surface area contributed by atoms with Gasteiger partial charge in [0.15, 0.2) is 0 Å². The third-order valence-corrected chi connectivity index (χ3v) is 5.81. The summed E-state index contributed by atoms with van der Waals surface area (Å²) in [5.41, 5.74) is 6.24. The summed E-state index contributed by atoms with van der Waals surface area (Å²) in [4.78, 5) is 26.7. The van der Waals surface area contributed by atoms with Crippen molar-refractivity contribution in [3.8, 4) is 0 Å². The molecular weight excluding hydrogens is 256 g/mol. The quantitative estimate of drug-likeness (QED) is 0.715. The summed E-state index contributed by atoms with van der Waals surface area (Å²) in [5.74, 6) is 0.217. The predicted octanol–water partition coefficient (Wildman–Crippen LogP) is 0.666. The van der Waals surface area contributed by atoms with Crippen molar-refractivity contribution in [3.63, 3.8) is 0 Å². The van der Waals surface area contributed by atoms with Crippen molar-refractivity contribution in [3.05, 3.63) is 0 Å². The van der Waals surface area contributed by atoms with Crippen molar-refractivity contribution in [2.24, 2.45) is 23.5 Å². The smallest absolute Gasteiger partial charge is 0.233 e. The highest BCUT2D eigenvalue weighted by Gasteiger charge is 2.60. The molecule has 2 N–H and O–H groups in total. The number of likely N-dealkylation sites (tertiary alicyclic amines) is 1. The molecule has 4 fully saturated rings. The van der Waals surface area contributed by atoms with Gasteiger partial charge in [0.2, 0.25) is 11.8 Å². The highest BCUT2D eigenvalue weighted by molar-refractivity contribution is 6.05. The topological polar surface area (TPSA) is 72.6 Å². The summed E-state index contributed by atoms with van der Waals surface area (Å²) < 4.78 is 5.80. The first-order valence-corrected chi connectivity index (χ1v) is 7.94. The van der Waals surface area contributed by atoms with Gasteiger partial charge in [0.1, 0.15) is 0 Å². The summed E-state index contributed by atoms with van der Waals surface area (Å²) in [7, 11) is 0. The Morgan fingerprint density at radius 2 is 1.65 bits per heavy atom. The number of carbonyl (C=O) groups is 2. The van der Waals surface area contributed by atoms with Crippen LogP contribution in [-0.2, 0) is 14.3 Å². The monoisotopic (exact) mass is 278 g/mol. The molecule has 2 amide bonds. The van der Waals surface area contributed by atoms with E-state index in [1.807, 2.05) is 0 Å². The summed E-state index contributed by atoms with van der Waals surface area (Å²) in [5, 5.41) is 0. The van der Waals surface area contributed by atoms with Gasteiger partial charge in [-0.2, -0.15) is 0 Å². The largest absolute Gasteiger partial charge is 0.376 e. The Kier molecular flexibility index (Phi) is 2.89. The molecule has 4 aliphatic rings. The number of nitrogens with zero attached hydrogens (tertiary/aromatic N) is 1. The Hall–Kier alpha value is -0.940. The minimum atomic E-state index is -0.203. The summed E-state index contributed by atoms with van der Waals surface area (Å²) in [6.45, 7) is 0.730. The van der Waals surface area contributed by atoms with Gasteiger partial charge in [-0.05, 0) is 25.7 Å². The van der Waals surface area contributed by atoms with Crippen molar-refractivity contribution in [2.75, 3.05) is 6.61 Å². The first-order chi connectivity index (χ1) is 9.70. The van der Waals surface area contributed by atoms with Crippen LogP contribution in [0.1, 0.15) is 38.5 Å². The lowest BCUT2D eigenvalue weighted by atomic mass is 9.68. The molecule has 4 rings (SSSR count). The van der Waals surface area contributed by atoms with E-state index in [-0.39, 0.29) is 41.8 Å². The lowest BCUT2D eigenvalue weighted by molar-refractivity contribution is -0.174. The molecule has 0 spiro atoms. The molecule has 5 heteroatoms. The maximum absolute atomic E-state index is 12.6. The second kappa shape index (κ2) is 4.53. The first-order valence-electron chi connectivity index (χ1n) is 7.94. The van der Waals surface area contributed by atoms with E-state index in [1.165, 1.54) is 4.90 Å². The standard InChI is InChI=1S/C15H22N2O3/c16-11-10-6-3-7-20-13(10)12(11)17-14(18)8-4-1-2-5-9(8)15(17)19/h8-13H,1-7,16H2. The molecule has 2 heterocycles. The van der Waals surface area contributed by atoms with Crippen molar-refractivity contribution in [2.45, 2.75) is 56.7 Å². The molecular formula is C15H22N2O3. The Bertz CT molecular complexity index is 428. The molecule has 6 atom stereocenters. The number of fused-ring (bicyclic) bond motifs is 2. The van der Waals surface area contributed by atoms with Crippen molar-refractivity contribution >= 4 is 11.8 Å². The second-order valence-corrected chi connectivity index (χ2v) is 6.75. The number of carbonyl (C=O) groups excluding carboxylic acids is 2. The van der Waals surface area contributed by atoms with Gasteiger partial charge in [0.05, 0.1) is 24.0 Å². The Morgan fingerprint density at radius 1 is 1.00 bits per heavy atom.